The second kappa shape index (κ2) is 9.98. The highest BCUT2D eigenvalue weighted by Crippen LogP contribution is 2.42. The van der Waals surface area contributed by atoms with Crippen LogP contribution in [0.1, 0.15) is 82.3 Å². The molecule has 0 aliphatic heterocycles. The van der Waals surface area contributed by atoms with Gasteiger partial charge >= 0.3 is 6.18 Å². The fourth-order valence-corrected chi connectivity index (χ4v) is 5.30. The van der Waals surface area contributed by atoms with E-state index in [-0.39, 0.29) is 0 Å². The number of hydrogen-bond acceptors (Lipinski definition) is 0. The lowest BCUT2D eigenvalue weighted by Gasteiger charge is -2.37. The van der Waals surface area contributed by atoms with Gasteiger partial charge in [0, 0.05) is 0 Å². The standard InChI is InChI=1S/C25H35F3/c1-2-19-7-13-22(14-8-19)23-15-9-20(10-16-23)5-3-4-6-21-11-17-24(18-12-21)25(26,27)28/h3-4,11-12,17-20,22-23H,2,5-10,13-16H2,1H3. The highest BCUT2D eigenvalue weighted by molar-refractivity contribution is 5.25. The summed E-state index contributed by atoms with van der Waals surface area (Å²) in [5.41, 5.74) is 0.371. The molecule has 1 aromatic rings. The molecule has 0 aromatic heterocycles. The lowest BCUT2D eigenvalue weighted by atomic mass is 9.68. The van der Waals surface area contributed by atoms with Crippen molar-refractivity contribution in [2.75, 3.05) is 0 Å². The molecule has 2 aliphatic carbocycles. The van der Waals surface area contributed by atoms with Gasteiger partial charge in [0.15, 0.2) is 0 Å². The Hall–Kier alpha value is -1.25. The van der Waals surface area contributed by atoms with E-state index in [1.807, 2.05) is 0 Å². The molecule has 3 heteroatoms. The number of allylic oxidation sites excluding steroid dienone is 2. The van der Waals surface area contributed by atoms with E-state index in [1.165, 1.54) is 69.9 Å². The van der Waals surface area contributed by atoms with Crippen LogP contribution in [0.3, 0.4) is 0 Å². The molecule has 0 nitrogen and oxygen atoms in total. The fraction of sp³-hybridized carbons (Fsp3) is 0.680. The molecule has 2 saturated carbocycles. The van der Waals surface area contributed by atoms with Gasteiger partial charge in [-0.3, -0.25) is 0 Å². The van der Waals surface area contributed by atoms with Gasteiger partial charge in [0.25, 0.3) is 0 Å². The first-order valence-electron chi connectivity index (χ1n) is 11.3. The van der Waals surface area contributed by atoms with Gasteiger partial charge in [0.1, 0.15) is 0 Å². The van der Waals surface area contributed by atoms with Crippen molar-refractivity contribution in [2.45, 2.75) is 83.7 Å². The first-order chi connectivity index (χ1) is 13.5. The van der Waals surface area contributed by atoms with E-state index in [0.717, 1.165) is 35.7 Å². The Balaban J connectivity index is 1.35. The number of hydrogen-bond donors (Lipinski definition) is 0. The van der Waals surface area contributed by atoms with Crippen molar-refractivity contribution in [3.8, 4) is 0 Å². The van der Waals surface area contributed by atoms with E-state index in [0.29, 0.717) is 6.42 Å². The molecule has 1 aromatic carbocycles. The predicted octanol–water partition coefficient (Wildman–Crippen LogP) is 8.22. The summed E-state index contributed by atoms with van der Waals surface area (Å²) in [5, 5.41) is 0. The highest BCUT2D eigenvalue weighted by atomic mass is 19.4. The second-order valence-corrected chi connectivity index (χ2v) is 9.08. The van der Waals surface area contributed by atoms with Crippen molar-refractivity contribution >= 4 is 0 Å². The lowest BCUT2D eigenvalue weighted by molar-refractivity contribution is -0.137. The zero-order chi connectivity index (χ0) is 20.0. The predicted molar refractivity (Wildman–Crippen MR) is 110 cm³/mol. The number of halogens is 3. The van der Waals surface area contributed by atoms with Crippen LogP contribution in [-0.2, 0) is 12.6 Å². The van der Waals surface area contributed by atoms with Crippen molar-refractivity contribution in [2.24, 2.45) is 23.7 Å². The van der Waals surface area contributed by atoms with Crippen molar-refractivity contribution in [3.05, 3.63) is 47.5 Å². The largest absolute Gasteiger partial charge is 0.416 e. The Morgan fingerprint density at radius 3 is 1.82 bits per heavy atom. The van der Waals surface area contributed by atoms with E-state index in [4.69, 9.17) is 0 Å². The Bertz CT molecular complexity index is 598. The van der Waals surface area contributed by atoms with E-state index < -0.39 is 11.7 Å². The third kappa shape index (κ3) is 6.12. The topological polar surface area (TPSA) is 0 Å². The summed E-state index contributed by atoms with van der Waals surface area (Å²) in [7, 11) is 0. The Kier molecular flexibility index (Phi) is 7.65. The molecule has 0 heterocycles. The van der Waals surface area contributed by atoms with Crippen LogP contribution in [0.5, 0.6) is 0 Å². The van der Waals surface area contributed by atoms with Crippen molar-refractivity contribution in [3.63, 3.8) is 0 Å². The minimum absolute atomic E-state index is 0.569. The summed E-state index contributed by atoms with van der Waals surface area (Å²) in [6.07, 6.45) is 14.6. The Morgan fingerprint density at radius 2 is 1.32 bits per heavy atom. The monoisotopic (exact) mass is 392 g/mol. The zero-order valence-electron chi connectivity index (χ0n) is 17.2. The zero-order valence-corrected chi connectivity index (χ0v) is 17.2. The normalized spacial score (nSPS) is 29.3. The molecule has 0 atom stereocenters. The maximum absolute atomic E-state index is 12.6. The molecule has 156 valence electrons. The second-order valence-electron chi connectivity index (χ2n) is 9.08. The van der Waals surface area contributed by atoms with Crippen LogP contribution >= 0.6 is 0 Å². The van der Waals surface area contributed by atoms with Gasteiger partial charge in [-0.15, -0.1) is 0 Å². The van der Waals surface area contributed by atoms with Gasteiger partial charge in [0.2, 0.25) is 0 Å². The van der Waals surface area contributed by atoms with Crippen molar-refractivity contribution in [1.29, 1.82) is 0 Å². The quantitative estimate of drug-likeness (QED) is 0.428. The minimum Gasteiger partial charge on any atom is -0.166 e. The molecule has 0 N–H and O–H groups in total. The molecule has 0 unspecified atom stereocenters. The number of rotatable bonds is 6. The van der Waals surface area contributed by atoms with Crippen LogP contribution in [0.4, 0.5) is 13.2 Å². The Morgan fingerprint density at radius 1 is 0.786 bits per heavy atom. The smallest absolute Gasteiger partial charge is 0.166 e. The van der Waals surface area contributed by atoms with E-state index in [1.54, 1.807) is 12.1 Å². The van der Waals surface area contributed by atoms with E-state index >= 15 is 0 Å². The van der Waals surface area contributed by atoms with Crippen LogP contribution in [0.2, 0.25) is 0 Å². The first kappa shape index (κ1) is 21.5. The number of benzene rings is 1. The fourth-order valence-electron chi connectivity index (χ4n) is 5.30. The summed E-state index contributed by atoms with van der Waals surface area (Å²) in [6, 6.07) is 5.54. The number of alkyl halides is 3. The van der Waals surface area contributed by atoms with Crippen LogP contribution in [0.25, 0.3) is 0 Å². The van der Waals surface area contributed by atoms with Crippen LogP contribution in [0.15, 0.2) is 36.4 Å². The Labute approximate surface area is 168 Å². The summed E-state index contributed by atoms with van der Waals surface area (Å²) >= 11 is 0. The molecule has 2 aliphatic rings. The average molecular weight is 393 g/mol. The molecule has 0 amide bonds. The molecule has 0 radical (unpaired) electrons. The first-order valence-corrected chi connectivity index (χ1v) is 11.3. The van der Waals surface area contributed by atoms with Gasteiger partial charge in [-0.2, -0.15) is 13.2 Å². The third-order valence-electron chi connectivity index (χ3n) is 7.30. The SMILES string of the molecule is CCC1CCC(C2CCC(CC=CCc3ccc(C(F)(F)F)cc3)CC2)CC1. The van der Waals surface area contributed by atoms with Crippen LogP contribution < -0.4 is 0 Å². The third-order valence-corrected chi connectivity index (χ3v) is 7.30. The van der Waals surface area contributed by atoms with Gasteiger partial charge in [-0.05, 0) is 92.7 Å². The summed E-state index contributed by atoms with van der Waals surface area (Å²) in [5.74, 6) is 3.73. The molecule has 28 heavy (non-hydrogen) atoms. The van der Waals surface area contributed by atoms with Gasteiger partial charge in [-0.25, -0.2) is 0 Å². The summed E-state index contributed by atoms with van der Waals surface area (Å²) in [6.45, 7) is 2.33. The van der Waals surface area contributed by atoms with Gasteiger partial charge < -0.3 is 0 Å². The average Bonchev–Trinajstić information content (AvgIpc) is 2.71. The minimum atomic E-state index is -4.25. The van der Waals surface area contributed by atoms with Crippen LogP contribution in [0, 0.1) is 23.7 Å². The highest BCUT2D eigenvalue weighted by Gasteiger charge is 2.30. The molecular weight excluding hydrogens is 357 g/mol. The van der Waals surface area contributed by atoms with Crippen LogP contribution in [-0.4, -0.2) is 0 Å². The molecule has 2 fully saturated rings. The molecule has 0 saturated heterocycles. The molecular formula is C25H35F3. The van der Waals surface area contributed by atoms with Gasteiger partial charge in [0.05, 0.1) is 5.56 Å². The summed E-state index contributed by atoms with van der Waals surface area (Å²) < 4.78 is 37.8. The molecule has 0 bridgehead atoms. The van der Waals surface area contributed by atoms with Gasteiger partial charge in [-0.1, -0.05) is 50.5 Å². The van der Waals surface area contributed by atoms with E-state index in [2.05, 4.69) is 19.1 Å². The summed E-state index contributed by atoms with van der Waals surface area (Å²) in [4.78, 5) is 0. The van der Waals surface area contributed by atoms with Crippen molar-refractivity contribution < 1.29 is 13.2 Å². The maximum Gasteiger partial charge on any atom is 0.416 e. The molecule has 3 rings (SSSR count). The molecule has 0 spiro atoms. The van der Waals surface area contributed by atoms with E-state index in [9.17, 15) is 13.2 Å². The van der Waals surface area contributed by atoms with Crippen molar-refractivity contribution in [1.82, 2.24) is 0 Å². The maximum atomic E-state index is 12.6. The lowest BCUT2D eigenvalue weighted by Crippen LogP contribution is -2.25.